The van der Waals surface area contributed by atoms with Crippen LogP contribution in [0, 0.1) is 0 Å². The SMILES string of the molecule is c1ccc(-c2ccccc2N(c2ccc3c4ccccc4n(-c4ccccc4)c3c2)c2cccc3c2oc2cc4ccccc4cc23)cc1. The second kappa shape index (κ2) is 11.0. The lowest BCUT2D eigenvalue weighted by atomic mass is 10.0. The molecule has 0 spiro atoms. The molecule has 0 N–H and O–H groups in total. The molecule has 8 aromatic carbocycles. The fraction of sp³-hybridized carbons (Fsp3) is 0. The summed E-state index contributed by atoms with van der Waals surface area (Å²) in [4.78, 5) is 2.37. The Labute approximate surface area is 283 Å². The molecule has 3 nitrogen and oxygen atoms in total. The van der Waals surface area contributed by atoms with Crippen LogP contribution in [0.3, 0.4) is 0 Å². The zero-order valence-corrected chi connectivity index (χ0v) is 26.6. The Balaban J connectivity index is 1.29. The molecule has 0 fully saturated rings. The van der Waals surface area contributed by atoms with E-state index in [9.17, 15) is 0 Å². The van der Waals surface area contributed by atoms with Crippen LogP contribution in [0.5, 0.6) is 0 Å². The fourth-order valence-electron chi connectivity index (χ4n) is 7.54. The number of furan rings is 1. The Morgan fingerprint density at radius 2 is 1.08 bits per heavy atom. The summed E-state index contributed by atoms with van der Waals surface area (Å²) in [6.07, 6.45) is 0. The van der Waals surface area contributed by atoms with Gasteiger partial charge < -0.3 is 13.9 Å². The number of para-hydroxylation sites is 4. The highest BCUT2D eigenvalue weighted by molar-refractivity contribution is 6.15. The van der Waals surface area contributed by atoms with E-state index < -0.39 is 0 Å². The van der Waals surface area contributed by atoms with Gasteiger partial charge in [-0.2, -0.15) is 0 Å². The predicted molar refractivity (Wildman–Crippen MR) is 206 cm³/mol. The molecule has 10 aromatic rings. The lowest BCUT2D eigenvalue weighted by Crippen LogP contribution is -2.11. The minimum atomic E-state index is 0.861. The van der Waals surface area contributed by atoms with Gasteiger partial charge in [0, 0.05) is 38.5 Å². The van der Waals surface area contributed by atoms with Crippen molar-refractivity contribution in [2.75, 3.05) is 4.90 Å². The average molecular weight is 627 g/mol. The predicted octanol–water partition coefficient (Wildman–Crippen LogP) is 13.0. The lowest BCUT2D eigenvalue weighted by Gasteiger charge is -2.28. The van der Waals surface area contributed by atoms with Gasteiger partial charge >= 0.3 is 0 Å². The maximum Gasteiger partial charge on any atom is 0.159 e. The molecule has 0 radical (unpaired) electrons. The molecular formula is C46H30N2O. The van der Waals surface area contributed by atoms with E-state index >= 15 is 0 Å². The topological polar surface area (TPSA) is 21.3 Å². The summed E-state index contributed by atoms with van der Waals surface area (Å²) in [5.41, 5.74) is 10.6. The summed E-state index contributed by atoms with van der Waals surface area (Å²) in [5, 5.41) is 7.03. The van der Waals surface area contributed by atoms with Crippen LogP contribution in [-0.4, -0.2) is 4.57 Å². The molecule has 2 heterocycles. The average Bonchev–Trinajstić information content (AvgIpc) is 3.70. The molecule has 0 aliphatic rings. The normalized spacial score (nSPS) is 11.7. The molecule has 10 rings (SSSR count). The van der Waals surface area contributed by atoms with Crippen LogP contribution in [0.2, 0.25) is 0 Å². The first-order chi connectivity index (χ1) is 24.3. The van der Waals surface area contributed by atoms with Crippen LogP contribution >= 0.6 is 0 Å². The van der Waals surface area contributed by atoms with Gasteiger partial charge in [0.05, 0.1) is 22.4 Å². The molecular weight excluding hydrogens is 597 g/mol. The van der Waals surface area contributed by atoms with E-state index in [4.69, 9.17) is 4.42 Å². The van der Waals surface area contributed by atoms with E-state index in [-0.39, 0.29) is 0 Å². The fourth-order valence-corrected chi connectivity index (χ4v) is 7.54. The Bertz CT molecular complexity index is 2830. The Kier molecular flexibility index (Phi) is 6.18. The molecule has 0 unspecified atom stereocenters. The van der Waals surface area contributed by atoms with Crippen LogP contribution < -0.4 is 4.90 Å². The Morgan fingerprint density at radius 3 is 1.94 bits per heavy atom. The van der Waals surface area contributed by atoms with E-state index in [2.05, 4.69) is 191 Å². The lowest BCUT2D eigenvalue weighted by molar-refractivity contribution is 0.669. The minimum Gasteiger partial charge on any atom is -0.454 e. The minimum absolute atomic E-state index is 0.861. The van der Waals surface area contributed by atoms with Crippen LogP contribution in [0.4, 0.5) is 17.1 Å². The Hall–Kier alpha value is -6.58. The van der Waals surface area contributed by atoms with Gasteiger partial charge in [-0.05, 0) is 70.9 Å². The van der Waals surface area contributed by atoms with Crippen LogP contribution in [0.15, 0.2) is 186 Å². The molecule has 0 aliphatic carbocycles. The summed E-state index contributed by atoms with van der Waals surface area (Å²) in [6, 6.07) is 64.9. The summed E-state index contributed by atoms with van der Waals surface area (Å²) in [7, 11) is 0. The van der Waals surface area contributed by atoms with Crippen molar-refractivity contribution in [3.05, 3.63) is 182 Å². The third-order valence-corrected chi connectivity index (χ3v) is 9.74. The van der Waals surface area contributed by atoms with Crippen LogP contribution in [-0.2, 0) is 0 Å². The van der Waals surface area contributed by atoms with E-state index in [1.807, 2.05) is 0 Å². The smallest absolute Gasteiger partial charge is 0.159 e. The standard InChI is InChI=1S/C46H30N2O/c1-3-14-31(15-4-1)36-20-9-11-23-41(36)48(43-25-13-22-39-40-28-32-16-7-8-17-33(32)29-45(40)49-46(39)43)35-26-27-38-37-21-10-12-24-42(37)47(44(38)30-35)34-18-5-2-6-19-34/h1-30H. The summed E-state index contributed by atoms with van der Waals surface area (Å²) < 4.78 is 9.22. The number of fused-ring (bicyclic) bond motifs is 7. The number of hydrogen-bond donors (Lipinski definition) is 0. The van der Waals surface area contributed by atoms with Gasteiger partial charge in [-0.25, -0.2) is 0 Å². The quantitative estimate of drug-likeness (QED) is 0.190. The third kappa shape index (κ3) is 4.37. The number of aromatic nitrogens is 1. The van der Waals surface area contributed by atoms with Crippen molar-refractivity contribution >= 4 is 71.6 Å². The molecule has 0 saturated heterocycles. The Morgan fingerprint density at radius 1 is 0.429 bits per heavy atom. The van der Waals surface area contributed by atoms with Crippen molar-refractivity contribution in [2.24, 2.45) is 0 Å². The molecule has 2 aromatic heterocycles. The number of benzene rings is 8. The number of nitrogens with zero attached hydrogens (tertiary/aromatic N) is 2. The zero-order valence-electron chi connectivity index (χ0n) is 26.6. The van der Waals surface area contributed by atoms with Crippen LogP contribution in [0.25, 0.3) is 71.3 Å². The maximum atomic E-state index is 6.84. The summed E-state index contributed by atoms with van der Waals surface area (Å²) in [5.74, 6) is 0. The highest BCUT2D eigenvalue weighted by Crippen LogP contribution is 2.47. The molecule has 0 saturated carbocycles. The van der Waals surface area contributed by atoms with Gasteiger partial charge in [0.25, 0.3) is 0 Å². The van der Waals surface area contributed by atoms with Crippen molar-refractivity contribution < 1.29 is 4.42 Å². The van der Waals surface area contributed by atoms with Crippen molar-refractivity contribution in [3.8, 4) is 16.8 Å². The first kappa shape index (κ1) is 27.5. The highest BCUT2D eigenvalue weighted by Gasteiger charge is 2.23. The van der Waals surface area contributed by atoms with Gasteiger partial charge in [0.15, 0.2) is 5.58 Å². The highest BCUT2D eigenvalue weighted by atomic mass is 16.3. The van der Waals surface area contributed by atoms with Gasteiger partial charge in [0.2, 0.25) is 0 Å². The molecule has 230 valence electrons. The van der Waals surface area contributed by atoms with E-state index in [0.717, 1.165) is 61.3 Å². The monoisotopic (exact) mass is 626 g/mol. The molecule has 0 bridgehead atoms. The molecule has 3 heteroatoms. The van der Waals surface area contributed by atoms with E-state index in [1.165, 1.54) is 27.1 Å². The largest absolute Gasteiger partial charge is 0.454 e. The second-order valence-corrected chi connectivity index (χ2v) is 12.6. The van der Waals surface area contributed by atoms with Crippen molar-refractivity contribution in [1.82, 2.24) is 4.57 Å². The number of hydrogen-bond acceptors (Lipinski definition) is 2. The molecule has 0 atom stereocenters. The summed E-state index contributed by atoms with van der Waals surface area (Å²) >= 11 is 0. The van der Waals surface area contributed by atoms with Crippen LogP contribution in [0.1, 0.15) is 0 Å². The van der Waals surface area contributed by atoms with Gasteiger partial charge in [-0.1, -0.05) is 127 Å². The number of rotatable bonds is 5. The first-order valence-corrected chi connectivity index (χ1v) is 16.7. The number of anilines is 3. The maximum absolute atomic E-state index is 6.84. The van der Waals surface area contributed by atoms with Crippen molar-refractivity contribution in [1.29, 1.82) is 0 Å². The third-order valence-electron chi connectivity index (χ3n) is 9.74. The molecule has 49 heavy (non-hydrogen) atoms. The molecule has 0 aliphatic heterocycles. The van der Waals surface area contributed by atoms with Crippen molar-refractivity contribution in [2.45, 2.75) is 0 Å². The van der Waals surface area contributed by atoms with Gasteiger partial charge in [-0.3, -0.25) is 0 Å². The van der Waals surface area contributed by atoms with Crippen molar-refractivity contribution in [3.63, 3.8) is 0 Å². The van der Waals surface area contributed by atoms with Gasteiger partial charge in [0.1, 0.15) is 5.58 Å². The first-order valence-electron chi connectivity index (χ1n) is 16.7. The summed E-state index contributed by atoms with van der Waals surface area (Å²) in [6.45, 7) is 0. The zero-order chi connectivity index (χ0) is 32.3. The van der Waals surface area contributed by atoms with E-state index in [1.54, 1.807) is 0 Å². The van der Waals surface area contributed by atoms with Gasteiger partial charge in [-0.15, -0.1) is 0 Å². The second-order valence-electron chi connectivity index (χ2n) is 12.6. The molecule has 0 amide bonds. The van der Waals surface area contributed by atoms with E-state index in [0.29, 0.717) is 0 Å².